The zero-order chi connectivity index (χ0) is 16.0. The summed E-state index contributed by atoms with van der Waals surface area (Å²) in [7, 11) is 0. The first kappa shape index (κ1) is 15.0. The lowest BCUT2D eigenvalue weighted by atomic mass is 9.75. The van der Waals surface area contributed by atoms with Crippen molar-refractivity contribution in [3.8, 4) is 0 Å². The number of rotatable bonds is 2. The molecule has 1 aliphatic carbocycles. The van der Waals surface area contributed by atoms with E-state index in [9.17, 15) is 0 Å². The second-order valence-corrected chi connectivity index (χ2v) is 7.91. The van der Waals surface area contributed by atoms with E-state index in [-0.39, 0.29) is 0 Å². The SMILES string of the molecule is CC(C)c1cccc2c1NC(c1ccc(Br)cc1)C1CC=CC21. The molecule has 23 heavy (non-hydrogen) atoms. The maximum atomic E-state index is 3.90. The zero-order valence-electron chi connectivity index (χ0n) is 13.6. The van der Waals surface area contributed by atoms with Crippen LogP contribution in [-0.4, -0.2) is 0 Å². The van der Waals surface area contributed by atoms with Gasteiger partial charge in [-0.25, -0.2) is 0 Å². The molecular weight excluding hydrogens is 346 g/mol. The first-order valence-electron chi connectivity index (χ1n) is 8.46. The van der Waals surface area contributed by atoms with Crippen molar-refractivity contribution in [2.75, 3.05) is 5.32 Å². The number of benzene rings is 2. The van der Waals surface area contributed by atoms with Crippen LogP contribution in [0.5, 0.6) is 0 Å². The van der Waals surface area contributed by atoms with E-state index in [1.54, 1.807) is 0 Å². The molecule has 0 saturated carbocycles. The molecule has 0 aromatic heterocycles. The molecule has 3 unspecified atom stereocenters. The third-order valence-corrected chi connectivity index (χ3v) is 5.81. The van der Waals surface area contributed by atoms with E-state index >= 15 is 0 Å². The highest BCUT2D eigenvalue weighted by Crippen LogP contribution is 2.51. The van der Waals surface area contributed by atoms with Crippen molar-refractivity contribution in [1.29, 1.82) is 0 Å². The van der Waals surface area contributed by atoms with Gasteiger partial charge in [0.2, 0.25) is 0 Å². The average molecular weight is 368 g/mol. The minimum Gasteiger partial charge on any atom is -0.377 e. The van der Waals surface area contributed by atoms with Gasteiger partial charge in [-0.3, -0.25) is 0 Å². The number of fused-ring (bicyclic) bond motifs is 3. The van der Waals surface area contributed by atoms with Gasteiger partial charge in [0, 0.05) is 16.1 Å². The van der Waals surface area contributed by atoms with E-state index in [0.717, 1.165) is 10.9 Å². The Morgan fingerprint density at radius 1 is 1.09 bits per heavy atom. The van der Waals surface area contributed by atoms with Crippen molar-refractivity contribution in [2.45, 2.75) is 38.1 Å². The lowest BCUT2D eigenvalue weighted by molar-refractivity contribution is 0.424. The Labute approximate surface area is 146 Å². The van der Waals surface area contributed by atoms with Gasteiger partial charge in [0.05, 0.1) is 6.04 Å². The Morgan fingerprint density at radius 2 is 1.87 bits per heavy atom. The molecule has 1 N–H and O–H groups in total. The Balaban J connectivity index is 1.82. The Hall–Kier alpha value is -1.54. The van der Waals surface area contributed by atoms with Crippen LogP contribution in [0.3, 0.4) is 0 Å². The van der Waals surface area contributed by atoms with E-state index in [4.69, 9.17) is 0 Å². The van der Waals surface area contributed by atoms with Gasteiger partial charge in [-0.1, -0.05) is 72.3 Å². The van der Waals surface area contributed by atoms with E-state index in [1.807, 2.05) is 0 Å². The monoisotopic (exact) mass is 367 g/mol. The van der Waals surface area contributed by atoms with E-state index in [1.165, 1.54) is 22.4 Å². The van der Waals surface area contributed by atoms with Crippen LogP contribution in [-0.2, 0) is 0 Å². The van der Waals surface area contributed by atoms with Gasteiger partial charge in [-0.15, -0.1) is 0 Å². The summed E-state index contributed by atoms with van der Waals surface area (Å²) in [6.45, 7) is 4.56. The third kappa shape index (κ3) is 2.53. The summed E-state index contributed by atoms with van der Waals surface area (Å²) >= 11 is 3.55. The van der Waals surface area contributed by atoms with Crippen molar-refractivity contribution in [1.82, 2.24) is 0 Å². The lowest BCUT2D eigenvalue weighted by Gasteiger charge is -2.39. The summed E-state index contributed by atoms with van der Waals surface area (Å²) in [6, 6.07) is 16.0. The van der Waals surface area contributed by atoms with Crippen molar-refractivity contribution in [2.24, 2.45) is 5.92 Å². The molecule has 118 valence electrons. The summed E-state index contributed by atoms with van der Waals surface area (Å²) in [5.74, 6) is 1.69. The fourth-order valence-electron chi connectivity index (χ4n) is 4.13. The summed E-state index contributed by atoms with van der Waals surface area (Å²) < 4.78 is 1.14. The molecule has 0 spiro atoms. The summed E-state index contributed by atoms with van der Waals surface area (Å²) in [6.07, 6.45) is 5.93. The van der Waals surface area contributed by atoms with Gasteiger partial charge < -0.3 is 5.32 Å². The highest BCUT2D eigenvalue weighted by atomic mass is 79.9. The standard InChI is InChI=1S/C21H22BrN/c1-13(2)16-5-3-8-19-17-6-4-7-18(17)20(23-21(16)19)14-9-11-15(22)12-10-14/h3-6,8-13,17-18,20,23H,7H2,1-2H3. The molecule has 2 heteroatoms. The second kappa shape index (κ2) is 5.83. The van der Waals surface area contributed by atoms with Crippen LogP contribution in [0.15, 0.2) is 59.1 Å². The predicted molar refractivity (Wildman–Crippen MR) is 101 cm³/mol. The number of para-hydroxylation sites is 1. The summed E-state index contributed by atoms with van der Waals surface area (Å²) in [4.78, 5) is 0. The van der Waals surface area contributed by atoms with Gasteiger partial charge in [0.25, 0.3) is 0 Å². The topological polar surface area (TPSA) is 12.0 Å². The number of hydrogen-bond acceptors (Lipinski definition) is 1. The van der Waals surface area contributed by atoms with Crippen molar-refractivity contribution in [3.63, 3.8) is 0 Å². The van der Waals surface area contributed by atoms with Gasteiger partial charge in [0.15, 0.2) is 0 Å². The lowest BCUT2D eigenvalue weighted by Crippen LogP contribution is -2.29. The molecule has 0 fully saturated rings. The quantitative estimate of drug-likeness (QED) is 0.605. The van der Waals surface area contributed by atoms with Crippen molar-refractivity contribution in [3.05, 3.63) is 75.8 Å². The van der Waals surface area contributed by atoms with Crippen LogP contribution in [0.2, 0.25) is 0 Å². The molecular formula is C21H22BrN. The smallest absolute Gasteiger partial charge is 0.0554 e. The molecule has 1 heterocycles. The van der Waals surface area contributed by atoms with E-state index in [2.05, 4.69) is 89.7 Å². The average Bonchev–Trinajstić information content (AvgIpc) is 3.04. The summed E-state index contributed by atoms with van der Waals surface area (Å²) in [5.41, 5.74) is 5.66. The first-order valence-corrected chi connectivity index (χ1v) is 9.26. The van der Waals surface area contributed by atoms with Crippen LogP contribution in [0, 0.1) is 5.92 Å². The zero-order valence-corrected chi connectivity index (χ0v) is 15.2. The van der Waals surface area contributed by atoms with Gasteiger partial charge in [-0.05, 0) is 47.1 Å². The molecule has 0 amide bonds. The maximum Gasteiger partial charge on any atom is 0.0554 e. The normalized spacial score (nSPS) is 25.1. The molecule has 0 bridgehead atoms. The largest absolute Gasteiger partial charge is 0.377 e. The highest BCUT2D eigenvalue weighted by molar-refractivity contribution is 9.10. The molecule has 2 aliphatic rings. The number of anilines is 1. The molecule has 0 saturated heterocycles. The minimum absolute atomic E-state index is 0.385. The van der Waals surface area contributed by atoms with Gasteiger partial charge in [0.1, 0.15) is 0 Å². The Morgan fingerprint density at radius 3 is 2.61 bits per heavy atom. The molecule has 1 aliphatic heterocycles. The predicted octanol–water partition coefficient (Wildman–Crippen LogP) is 6.40. The van der Waals surface area contributed by atoms with E-state index in [0.29, 0.717) is 23.8 Å². The fraction of sp³-hybridized carbons (Fsp3) is 0.333. The Bertz CT molecular complexity index is 745. The third-order valence-electron chi connectivity index (χ3n) is 5.28. The highest BCUT2D eigenvalue weighted by Gasteiger charge is 2.38. The number of allylic oxidation sites excluding steroid dienone is 2. The first-order chi connectivity index (χ1) is 11.1. The molecule has 3 atom stereocenters. The molecule has 4 rings (SSSR count). The van der Waals surface area contributed by atoms with Crippen LogP contribution >= 0.6 is 15.9 Å². The number of nitrogens with one attached hydrogen (secondary N) is 1. The number of halogens is 1. The molecule has 1 nitrogen and oxygen atoms in total. The van der Waals surface area contributed by atoms with Gasteiger partial charge >= 0.3 is 0 Å². The summed E-state index contributed by atoms with van der Waals surface area (Å²) in [5, 5.41) is 3.90. The van der Waals surface area contributed by atoms with Crippen molar-refractivity contribution < 1.29 is 0 Å². The second-order valence-electron chi connectivity index (χ2n) is 6.99. The van der Waals surface area contributed by atoms with E-state index < -0.39 is 0 Å². The van der Waals surface area contributed by atoms with Crippen LogP contribution in [0.4, 0.5) is 5.69 Å². The minimum atomic E-state index is 0.385. The maximum absolute atomic E-state index is 3.90. The molecule has 0 radical (unpaired) electrons. The van der Waals surface area contributed by atoms with Crippen LogP contribution in [0.1, 0.15) is 54.8 Å². The number of hydrogen-bond donors (Lipinski definition) is 1. The van der Waals surface area contributed by atoms with Crippen molar-refractivity contribution >= 4 is 21.6 Å². The van der Waals surface area contributed by atoms with Crippen LogP contribution in [0.25, 0.3) is 0 Å². The van der Waals surface area contributed by atoms with Crippen LogP contribution < -0.4 is 5.32 Å². The van der Waals surface area contributed by atoms with Gasteiger partial charge in [-0.2, -0.15) is 0 Å². The fourth-order valence-corrected chi connectivity index (χ4v) is 4.39. The Kier molecular flexibility index (Phi) is 3.81. The molecule has 2 aromatic rings. The molecule has 2 aromatic carbocycles.